The highest BCUT2D eigenvalue weighted by Crippen LogP contribution is 2.28. The van der Waals surface area contributed by atoms with E-state index < -0.39 is 0 Å². The van der Waals surface area contributed by atoms with E-state index in [1.165, 1.54) is 0 Å². The molecule has 2 rings (SSSR count). The lowest BCUT2D eigenvalue weighted by Gasteiger charge is -2.16. The molecule has 0 bridgehead atoms. The fourth-order valence-corrected chi connectivity index (χ4v) is 2.02. The van der Waals surface area contributed by atoms with Gasteiger partial charge in [-0.1, -0.05) is 11.6 Å². The molecular formula is C9H12BrClN4O. The van der Waals surface area contributed by atoms with Crippen molar-refractivity contribution in [3.63, 3.8) is 0 Å². The van der Waals surface area contributed by atoms with Crippen LogP contribution in [0.15, 0.2) is 4.47 Å². The molecule has 0 radical (unpaired) electrons. The van der Waals surface area contributed by atoms with E-state index in [9.17, 15) is 0 Å². The molecular weight excluding hydrogens is 295 g/mol. The van der Waals surface area contributed by atoms with Crippen molar-refractivity contribution < 1.29 is 4.74 Å². The third-order valence-corrected chi connectivity index (χ3v) is 3.87. The van der Waals surface area contributed by atoms with Crippen LogP contribution in [0.3, 0.4) is 0 Å². The first kappa shape index (κ1) is 11.9. The number of ether oxygens (including phenoxy) is 1. The summed E-state index contributed by atoms with van der Waals surface area (Å²) in [6, 6.07) is 0. The molecule has 88 valence electrons. The Morgan fingerprint density at radius 3 is 2.88 bits per heavy atom. The maximum absolute atomic E-state index is 5.93. The van der Waals surface area contributed by atoms with E-state index in [2.05, 4.69) is 25.9 Å². The van der Waals surface area contributed by atoms with Crippen LogP contribution in [0.5, 0.6) is 0 Å². The van der Waals surface area contributed by atoms with Gasteiger partial charge in [0, 0.05) is 20.2 Å². The minimum atomic E-state index is 0.229. The second kappa shape index (κ2) is 4.73. The number of hydrogen-bond donors (Lipinski definition) is 1. The zero-order chi connectivity index (χ0) is 11.7. The summed E-state index contributed by atoms with van der Waals surface area (Å²) in [5.41, 5.74) is 5.72. The average Bonchev–Trinajstić information content (AvgIpc) is 2.73. The second-order valence-corrected chi connectivity index (χ2v) is 4.76. The Hall–Kier alpha value is -0.590. The van der Waals surface area contributed by atoms with Crippen LogP contribution in [-0.2, 0) is 4.74 Å². The first-order chi connectivity index (χ1) is 7.61. The van der Waals surface area contributed by atoms with Crippen molar-refractivity contribution in [1.82, 2.24) is 9.97 Å². The average molecular weight is 308 g/mol. The van der Waals surface area contributed by atoms with Crippen molar-refractivity contribution in [2.45, 2.75) is 12.5 Å². The number of hydrogen-bond acceptors (Lipinski definition) is 5. The summed E-state index contributed by atoms with van der Waals surface area (Å²) in [7, 11) is 1.71. The van der Waals surface area contributed by atoms with Gasteiger partial charge in [0.2, 0.25) is 5.95 Å². The lowest BCUT2D eigenvalue weighted by Crippen LogP contribution is -2.24. The number of aromatic nitrogens is 2. The van der Waals surface area contributed by atoms with Crippen molar-refractivity contribution in [2.24, 2.45) is 0 Å². The molecule has 1 aliphatic heterocycles. The van der Waals surface area contributed by atoms with E-state index in [1.807, 2.05) is 4.90 Å². The summed E-state index contributed by atoms with van der Waals surface area (Å²) < 4.78 is 5.82. The van der Waals surface area contributed by atoms with Gasteiger partial charge < -0.3 is 15.4 Å². The van der Waals surface area contributed by atoms with Gasteiger partial charge in [0.1, 0.15) is 5.82 Å². The van der Waals surface area contributed by atoms with Crippen LogP contribution in [0.1, 0.15) is 6.42 Å². The maximum Gasteiger partial charge on any atom is 0.228 e. The third kappa shape index (κ3) is 2.23. The smallest absolute Gasteiger partial charge is 0.228 e. The van der Waals surface area contributed by atoms with Crippen molar-refractivity contribution in [2.75, 3.05) is 30.8 Å². The van der Waals surface area contributed by atoms with Crippen LogP contribution in [0.4, 0.5) is 11.8 Å². The molecule has 0 aliphatic carbocycles. The van der Waals surface area contributed by atoms with Gasteiger partial charge in [-0.2, -0.15) is 9.97 Å². The Balaban J connectivity index is 2.22. The molecule has 7 heteroatoms. The largest absolute Gasteiger partial charge is 0.383 e. The van der Waals surface area contributed by atoms with Crippen LogP contribution in [-0.4, -0.2) is 36.3 Å². The van der Waals surface area contributed by atoms with Gasteiger partial charge in [0.05, 0.1) is 10.6 Å². The molecule has 0 spiro atoms. The predicted octanol–water partition coefficient (Wildman–Crippen LogP) is 1.70. The topological polar surface area (TPSA) is 64.3 Å². The minimum Gasteiger partial charge on any atom is -0.383 e. The van der Waals surface area contributed by atoms with Crippen molar-refractivity contribution in [3.05, 3.63) is 9.63 Å². The molecule has 5 nitrogen and oxygen atoms in total. The zero-order valence-corrected chi connectivity index (χ0v) is 11.1. The highest BCUT2D eigenvalue weighted by Gasteiger charge is 2.25. The summed E-state index contributed by atoms with van der Waals surface area (Å²) in [4.78, 5) is 10.4. The van der Waals surface area contributed by atoms with E-state index in [0.29, 0.717) is 21.4 Å². The summed E-state index contributed by atoms with van der Waals surface area (Å²) in [5, 5.41) is 0.336. The number of halogens is 2. The minimum absolute atomic E-state index is 0.229. The predicted molar refractivity (Wildman–Crippen MR) is 66.8 cm³/mol. The number of nitrogen functional groups attached to an aromatic ring is 1. The van der Waals surface area contributed by atoms with Gasteiger partial charge in [0.15, 0.2) is 5.15 Å². The second-order valence-electron chi connectivity index (χ2n) is 3.61. The zero-order valence-electron chi connectivity index (χ0n) is 8.78. The standard InChI is InChI=1S/C9H12BrClN4O/c1-16-5-2-3-15(4-5)9-13-7(11)6(10)8(12)14-9/h5H,2-4H2,1H3,(H2,12,13,14)/t5-/m0/s1. The SMILES string of the molecule is CO[C@H]1CCN(c2nc(N)c(Br)c(Cl)n2)C1. The lowest BCUT2D eigenvalue weighted by molar-refractivity contribution is 0.121. The number of anilines is 2. The normalized spacial score (nSPS) is 20.4. The van der Waals surface area contributed by atoms with Crippen molar-refractivity contribution >= 4 is 39.3 Å². The Morgan fingerprint density at radius 1 is 1.56 bits per heavy atom. The molecule has 0 unspecified atom stereocenters. The van der Waals surface area contributed by atoms with Crippen LogP contribution < -0.4 is 10.6 Å². The van der Waals surface area contributed by atoms with Gasteiger partial charge in [-0.05, 0) is 22.4 Å². The number of nitrogens with zero attached hydrogens (tertiary/aromatic N) is 3. The third-order valence-electron chi connectivity index (χ3n) is 2.59. The van der Waals surface area contributed by atoms with Gasteiger partial charge in [0.25, 0.3) is 0 Å². The van der Waals surface area contributed by atoms with Crippen molar-refractivity contribution in [3.8, 4) is 0 Å². The van der Waals surface area contributed by atoms with Gasteiger partial charge in [-0.25, -0.2) is 0 Å². The highest BCUT2D eigenvalue weighted by atomic mass is 79.9. The van der Waals surface area contributed by atoms with Crippen LogP contribution in [0.2, 0.25) is 5.15 Å². The van der Waals surface area contributed by atoms with Gasteiger partial charge in [-0.15, -0.1) is 0 Å². The molecule has 1 saturated heterocycles. The molecule has 0 aromatic carbocycles. The molecule has 2 heterocycles. The van der Waals surface area contributed by atoms with Gasteiger partial charge in [-0.3, -0.25) is 0 Å². The molecule has 1 aromatic heterocycles. The first-order valence-corrected chi connectivity index (χ1v) is 6.05. The van der Waals surface area contributed by atoms with E-state index >= 15 is 0 Å². The van der Waals surface area contributed by atoms with Crippen LogP contribution in [0, 0.1) is 0 Å². The fourth-order valence-electron chi connectivity index (χ4n) is 1.67. The summed E-state index contributed by atoms with van der Waals surface area (Å²) in [5.74, 6) is 0.918. The number of methoxy groups -OCH3 is 1. The van der Waals surface area contributed by atoms with E-state index in [0.717, 1.165) is 19.5 Å². The first-order valence-electron chi connectivity index (χ1n) is 4.88. The lowest BCUT2D eigenvalue weighted by atomic mass is 10.3. The Morgan fingerprint density at radius 2 is 2.31 bits per heavy atom. The fraction of sp³-hybridized carbons (Fsp3) is 0.556. The molecule has 1 aromatic rings. The quantitative estimate of drug-likeness (QED) is 0.843. The van der Waals surface area contributed by atoms with Gasteiger partial charge >= 0.3 is 0 Å². The van der Waals surface area contributed by atoms with Crippen molar-refractivity contribution in [1.29, 1.82) is 0 Å². The number of nitrogens with two attached hydrogens (primary N) is 1. The van der Waals surface area contributed by atoms with Crippen LogP contribution in [0.25, 0.3) is 0 Å². The summed E-state index contributed by atoms with van der Waals surface area (Å²) >= 11 is 9.15. The molecule has 2 N–H and O–H groups in total. The molecule has 1 aliphatic rings. The maximum atomic E-state index is 5.93. The Bertz CT molecular complexity index is 380. The molecule has 1 atom stereocenters. The number of rotatable bonds is 2. The van der Waals surface area contributed by atoms with E-state index in [1.54, 1.807) is 7.11 Å². The molecule has 0 saturated carbocycles. The monoisotopic (exact) mass is 306 g/mol. The summed E-state index contributed by atoms with van der Waals surface area (Å²) in [6.45, 7) is 1.63. The summed E-state index contributed by atoms with van der Waals surface area (Å²) in [6.07, 6.45) is 1.19. The molecule has 16 heavy (non-hydrogen) atoms. The molecule has 0 amide bonds. The molecule has 1 fully saturated rings. The van der Waals surface area contributed by atoms with E-state index in [-0.39, 0.29) is 6.10 Å². The van der Waals surface area contributed by atoms with E-state index in [4.69, 9.17) is 22.1 Å². The van der Waals surface area contributed by atoms with Crippen LogP contribution >= 0.6 is 27.5 Å². The highest BCUT2D eigenvalue weighted by molar-refractivity contribution is 9.10. The Labute approximate surface area is 107 Å². The Kier molecular flexibility index (Phi) is 3.51.